The number of aryl methyl sites for hydroxylation is 1. The Kier molecular flexibility index (Phi) is 5.14. The lowest BCUT2D eigenvalue weighted by Crippen LogP contribution is -2.29. The van der Waals surface area contributed by atoms with Crippen LogP contribution in [0.1, 0.15) is 34.9 Å². The van der Waals surface area contributed by atoms with E-state index in [9.17, 15) is 5.11 Å². The number of hydrogen-bond donors (Lipinski definition) is 1. The maximum Gasteiger partial charge on any atom is 0.0882 e. The smallest absolute Gasteiger partial charge is 0.0882 e. The predicted molar refractivity (Wildman–Crippen MR) is 103 cm³/mol. The Bertz CT molecular complexity index is 790. The van der Waals surface area contributed by atoms with E-state index in [1.807, 2.05) is 6.07 Å². The van der Waals surface area contributed by atoms with Crippen molar-refractivity contribution < 1.29 is 5.11 Å². The van der Waals surface area contributed by atoms with Gasteiger partial charge >= 0.3 is 0 Å². The van der Waals surface area contributed by atoms with Gasteiger partial charge in [-0.2, -0.15) is 5.10 Å². The number of aromatic nitrogens is 2. The van der Waals surface area contributed by atoms with Gasteiger partial charge < -0.3 is 5.11 Å². The van der Waals surface area contributed by atoms with Crippen LogP contribution in [0.25, 0.3) is 0 Å². The largest absolute Gasteiger partial charge is 0.390 e. The Morgan fingerprint density at radius 1 is 0.923 bits per heavy atom. The molecule has 0 bridgehead atoms. The van der Waals surface area contributed by atoms with Crippen LogP contribution in [-0.4, -0.2) is 32.9 Å². The zero-order chi connectivity index (χ0) is 17.8. The molecule has 1 N–H and O–H groups in total. The molecule has 0 saturated heterocycles. The summed E-state index contributed by atoms with van der Waals surface area (Å²) in [4.78, 5) is 2.52. The SMILES string of the molecule is OCc1cc2n(n1)CCCN(CC(c1ccccc1)c1ccccc1)C2. The first-order valence-corrected chi connectivity index (χ1v) is 9.32. The highest BCUT2D eigenvalue weighted by Gasteiger charge is 2.21. The Morgan fingerprint density at radius 3 is 2.19 bits per heavy atom. The number of aliphatic hydroxyl groups is 1. The first-order chi connectivity index (χ1) is 12.8. The van der Waals surface area contributed by atoms with Crippen molar-refractivity contribution in [1.82, 2.24) is 14.7 Å². The molecule has 1 aliphatic heterocycles. The topological polar surface area (TPSA) is 41.3 Å². The van der Waals surface area contributed by atoms with Crippen LogP contribution in [0.3, 0.4) is 0 Å². The molecule has 0 radical (unpaired) electrons. The van der Waals surface area contributed by atoms with Gasteiger partial charge in [-0.25, -0.2) is 0 Å². The first kappa shape index (κ1) is 17.0. The zero-order valence-electron chi connectivity index (χ0n) is 15.0. The van der Waals surface area contributed by atoms with Gasteiger partial charge in [0, 0.05) is 32.1 Å². The van der Waals surface area contributed by atoms with Crippen molar-refractivity contribution in [3.8, 4) is 0 Å². The first-order valence-electron chi connectivity index (χ1n) is 9.32. The normalized spacial score (nSPS) is 15.0. The second-order valence-corrected chi connectivity index (χ2v) is 6.97. The van der Waals surface area contributed by atoms with Crippen LogP contribution in [-0.2, 0) is 19.7 Å². The van der Waals surface area contributed by atoms with Gasteiger partial charge in [0.15, 0.2) is 0 Å². The summed E-state index contributed by atoms with van der Waals surface area (Å²) in [5.74, 6) is 0.351. The van der Waals surface area contributed by atoms with Crippen LogP contribution >= 0.6 is 0 Å². The molecule has 1 aliphatic rings. The molecule has 4 nitrogen and oxygen atoms in total. The lowest BCUT2D eigenvalue weighted by molar-refractivity contribution is 0.260. The molecule has 0 fully saturated rings. The van der Waals surface area contributed by atoms with Gasteiger partial charge in [0.2, 0.25) is 0 Å². The molecule has 2 aromatic carbocycles. The van der Waals surface area contributed by atoms with Crippen molar-refractivity contribution in [2.75, 3.05) is 13.1 Å². The van der Waals surface area contributed by atoms with Crippen LogP contribution < -0.4 is 0 Å². The van der Waals surface area contributed by atoms with Crippen molar-refractivity contribution in [2.45, 2.75) is 32.0 Å². The third-order valence-corrected chi connectivity index (χ3v) is 5.15. The Balaban J connectivity index is 1.59. The Morgan fingerprint density at radius 2 is 1.58 bits per heavy atom. The molecule has 1 aromatic heterocycles. The summed E-state index contributed by atoms with van der Waals surface area (Å²) in [5, 5.41) is 13.9. The minimum Gasteiger partial charge on any atom is -0.390 e. The lowest BCUT2D eigenvalue weighted by atomic mass is 9.90. The molecule has 134 valence electrons. The number of benzene rings is 2. The maximum atomic E-state index is 9.38. The van der Waals surface area contributed by atoms with Gasteiger partial charge in [-0.3, -0.25) is 9.58 Å². The fourth-order valence-electron chi connectivity index (χ4n) is 3.85. The van der Waals surface area contributed by atoms with Crippen molar-refractivity contribution in [1.29, 1.82) is 0 Å². The molecule has 0 aliphatic carbocycles. The molecule has 4 rings (SSSR count). The van der Waals surface area contributed by atoms with Crippen LogP contribution in [0.5, 0.6) is 0 Å². The number of nitrogens with zero attached hydrogens (tertiary/aromatic N) is 3. The highest BCUT2D eigenvalue weighted by molar-refractivity contribution is 5.32. The van der Waals surface area contributed by atoms with Crippen LogP contribution in [0.15, 0.2) is 66.7 Å². The molecule has 0 atom stereocenters. The zero-order valence-corrected chi connectivity index (χ0v) is 15.0. The third kappa shape index (κ3) is 3.71. The van der Waals surface area contributed by atoms with Crippen molar-refractivity contribution >= 4 is 0 Å². The highest BCUT2D eigenvalue weighted by Crippen LogP contribution is 2.27. The molecule has 0 spiro atoms. The molecule has 0 saturated carbocycles. The number of hydrogen-bond acceptors (Lipinski definition) is 3. The lowest BCUT2D eigenvalue weighted by Gasteiger charge is -2.27. The molecule has 26 heavy (non-hydrogen) atoms. The second-order valence-electron chi connectivity index (χ2n) is 6.97. The fraction of sp³-hybridized carbons (Fsp3) is 0.318. The summed E-state index contributed by atoms with van der Waals surface area (Å²) in [6.45, 7) is 3.86. The van der Waals surface area contributed by atoms with E-state index in [0.717, 1.165) is 38.3 Å². The standard InChI is InChI=1S/C22H25N3O/c26-17-20-14-21-15-24(12-7-13-25(21)23-20)16-22(18-8-3-1-4-9-18)19-10-5-2-6-11-19/h1-6,8-11,14,22,26H,7,12-13,15-17H2. The molecule has 0 unspecified atom stereocenters. The number of aliphatic hydroxyl groups excluding tert-OH is 1. The molecule has 0 amide bonds. The van der Waals surface area contributed by atoms with Gasteiger partial charge in [-0.15, -0.1) is 0 Å². The summed E-state index contributed by atoms with van der Waals surface area (Å²) in [7, 11) is 0. The minimum absolute atomic E-state index is 0.0106. The van der Waals surface area contributed by atoms with Crippen molar-refractivity contribution in [3.63, 3.8) is 0 Å². The molecular weight excluding hydrogens is 322 g/mol. The number of fused-ring (bicyclic) bond motifs is 1. The van der Waals surface area contributed by atoms with Gasteiger partial charge in [0.05, 0.1) is 18.0 Å². The van der Waals surface area contributed by atoms with E-state index in [1.54, 1.807) is 0 Å². The van der Waals surface area contributed by atoms with Crippen molar-refractivity contribution in [3.05, 3.63) is 89.2 Å². The van der Waals surface area contributed by atoms with Gasteiger partial charge in [0.25, 0.3) is 0 Å². The van der Waals surface area contributed by atoms with E-state index in [4.69, 9.17) is 0 Å². The molecule has 4 heteroatoms. The van der Waals surface area contributed by atoms with E-state index < -0.39 is 0 Å². The summed E-state index contributed by atoms with van der Waals surface area (Å²) in [5.41, 5.74) is 4.68. The van der Waals surface area contributed by atoms with Crippen LogP contribution in [0.4, 0.5) is 0 Å². The van der Waals surface area contributed by atoms with E-state index in [1.165, 1.54) is 16.8 Å². The van der Waals surface area contributed by atoms with Gasteiger partial charge in [-0.05, 0) is 23.6 Å². The van der Waals surface area contributed by atoms with Crippen LogP contribution in [0, 0.1) is 0 Å². The summed E-state index contributed by atoms with van der Waals surface area (Å²) >= 11 is 0. The Labute approximate surface area is 154 Å². The third-order valence-electron chi connectivity index (χ3n) is 5.15. The number of rotatable bonds is 5. The summed E-state index contributed by atoms with van der Waals surface area (Å²) < 4.78 is 2.06. The van der Waals surface area contributed by atoms with E-state index >= 15 is 0 Å². The minimum atomic E-state index is 0.0106. The molecule has 3 aromatic rings. The summed E-state index contributed by atoms with van der Waals surface area (Å²) in [6, 6.07) is 23.6. The monoisotopic (exact) mass is 347 g/mol. The average molecular weight is 347 g/mol. The molecule has 2 heterocycles. The van der Waals surface area contributed by atoms with E-state index in [-0.39, 0.29) is 6.61 Å². The maximum absolute atomic E-state index is 9.38. The average Bonchev–Trinajstić information content (AvgIpc) is 2.99. The van der Waals surface area contributed by atoms with Crippen LogP contribution in [0.2, 0.25) is 0 Å². The fourth-order valence-corrected chi connectivity index (χ4v) is 3.85. The Hall–Kier alpha value is -2.43. The highest BCUT2D eigenvalue weighted by atomic mass is 16.3. The molecular formula is C22H25N3O. The second kappa shape index (κ2) is 7.85. The van der Waals surface area contributed by atoms with Crippen molar-refractivity contribution in [2.24, 2.45) is 0 Å². The summed E-state index contributed by atoms with van der Waals surface area (Å²) in [6.07, 6.45) is 1.08. The van der Waals surface area contributed by atoms with E-state index in [2.05, 4.69) is 75.3 Å². The van der Waals surface area contributed by atoms with Gasteiger partial charge in [0.1, 0.15) is 0 Å². The van der Waals surface area contributed by atoms with Gasteiger partial charge in [-0.1, -0.05) is 60.7 Å². The van der Waals surface area contributed by atoms with E-state index in [0.29, 0.717) is 5.92 Å². The quantitative estimate of drug-likeness (QED) is 0.769. The predicted octanol–water partition coefficient (Wildman–Crippen LogP) is 3.41.